The van der Waals surface area contributed by atoms with Gasteiger partial charge in [0, 0.05) is 39.6 Å². The van der Waals surface area contributed by atoms with E-state index in [2.05, 4.69) is 178 Å². The topological polar surface area (TPSA) is 55.4 Å². The molecule has 0 bridgehead atoms. The van der Waals surface area contributed by atoms with Gasteiger partial charge in [0.2, 0.25) is 0 Å². The molecule has 9 nitrogen and oxygen atoms in total. The molecule has 3 unspecified atom stereocenters. The molecule has 0 rings (SSSR count). The number of likely N-dealkylation sites (N-methyl/N-ethyl adjacent to an activating group) is 3. The zero-order valence-electron chi connectivity index (χ0n) is 88.0. The standard InChI is InChI=1S/C42H84NO2.C38H76NO2.C34H68NO2.3ClH/c1-6-8-10-12-14-16-18-20-22-24-26-28-30-32-34-36-38-44-41-42(40-43(3,4)5)45-39-37-35-33-31-29-27-25-23-21-19-17-15-13-11-9-7-2;1-6-8-10-12-14-16-18-20-22-24-26-28-30-32-34-40-37-38(36-39(3,4)5)41-35-33-31-29-27-25-23-21-19-17-15-13-11-9-7-2;1-6-8-10-12-14-16-18-20-22-24-26-28-30-36-33-34(32-35(3,4)5)37-31-29-27-25-23-21-19-17-15-13-11-9-7-2;;;/h20-23,42H,6-19,24-41H2,1-5H3;12-15,38H,6-11,16-37H2,1-5H3;8-11,34H,6-7,12-33H2,1-5H3;3*1H/q3*+1;;;/p-3/b22-20-,23-21-;14-12-,15-13-;10-8-,11-9-;;;. The number of unbranched alkanes of at least 4 members (excludes halogenated alkanes) is 60. The minimum atomic E-state index is 0. The van der Waals surface area contributed by atoms with Crippen LogP contribution in [0.25, 0.3) is 0 Å². The van der Waals surface area contributed by atoms with Crippen molar-refractivity contribution in [3.63, 3.8) is 0 Å². The Hall–Kier alpha value is -1.05. The fourth-order valence-electron chi connectivity index (χ4n) is 16.1. The van der Waals surface area contributed by atoms with Gasteiger partial charge in [0.15, 0.2) is 0 Å². The summed E-state index contributed by atoms with van der Waals surface area (Å²) in [6.07, 6.45) is 125. The maximum Gasteiger partial charge on any atom is 0.130 e. The Balaban J connectivity index is -0.000000425. The van der Waals surface area contributed by atoms with Crippen molar-refractivity contribution >= 4 is 0 Å². The molecule has 0 aliphatic heterocycles. The maximum atomic E-state index is 6.32. The van der Waals surface area contributed by atoms with E-state index < -0.39 is 0 Å². The van der Waals surface area contributed by atoms with Crippen LogP contribution in [-0.4, -0.2) is 174 Å². The number of rotatable bonds is 99. The van der Waals surface area contributed by atoms with Gasteiger partial charge in [0.05, 0.1) is 83.2 Å². The van der Waals surface area contributed by atoms with Gasteiger partial charge < -0.3 is 79.1 Å². The van der Waals surface area contributed by atoms with Crippen molar-refractivity contribution in [2.45, 2.75) is 522 Å². The summed E-state index contributed by atoms with van der Waals surface area (Å²) in [5.41, 5.74) is 0. The summed E-state index contributed by atoms with van der Waals surface area (Å²) in [5, 5.41) is 0. The third-order valence-electron chi connectivity index (χ3n) is 23.6. The molecule has 0 aromatic heterocycles. The molecule has 3 atom stereocenters. The van der Waals surface area contributed by atoms with Crippen LogP contribution in [0.1, 0.15) is 504 Å². The van der Waals surface area contributed by atoms with Crippen LogP contribution in [0.5, 0.6) is 0 Å². The summed E-state index contributed by atoms with van der Waals surface area (Å²) in [6.45, 7) is 24.1. The van der Waals surface area contributed by atoms with Gasteiger partial charge in [-0.15, -0.1) is 0 Å². The first kappa shape index (κ1) is 136. The van der Waals surface area contributed by atoms with Crippen molar-refractivity contribution in [3.8, 4) is 0 Å². The highest BCUT2D eigenvalue weighted by atomic mass is 35.5. The lowest BCUT2D eigenvalue weighted by Crippen LogP contribution is -3.00. The zero-order chi connectivity index (χ0) is 90.4. The molecule has 0 spiro atoms. The third-order valence-corrected chi connectivity index (χ3v) is 23.6. The Morgan fingerprint density at radius 1 is 0.167 bits per heavy atom. The first-order valence-electron chi connectivity index (χ1n) is 54.9. The van der Waals surface area contributed by atoms with Crippen molar-refractivity contribution < 1.29 is 79.1 Å². The van der Waals surface area contributed by atoms with E-state index in [9.17, 15) is 0 Å². The first-order chi connectivity index (χ1) is 60.0. The summed E-state index contributed by atoms with van der Waals surface area (Å²) in [5.74, 6) is 0. The van der Waals surface area contributed by atoms with Crippen LogP contribution < -0.4 is 37.2 Å². The van der Waals surface area contributed by atoms with E-state index in [1.807, 2.05) is 0 Å². The van der Waals surface area contributed by atoms with E-state index in [1.165, 1.54) is 462 Å². The van der Waals surface area contributed by atoms with Crippen LogP contribution in [-0.2, 0) is 28.4 Å². The molecule has 0 radical (unpaired) electrons. The minimum Gasteiger partial charge on any atom is -1.00 e. The van der Waals surface area contributed by atoms with Gasteiger partial charge in [-0.05, 0) is 167 Å². The molecule has 0 heterocycles. The van der Waals surface area contributed by atoms with Crippen molar-refractivity contribution in [3.05, 3.63) is 72.9 Å². The van der Waals surface area contributed by atoms with Crippen molar-refractivity contribution in [2.24, 2.45) is 0 Å². The fourth-order valence-corrected chi connectivity index (χ4v) is 16.1. The van der Waals surface area contributed by atoms with Crippen LogP contribution in [0, 0.1) is 0 Å². The SMILES string of the molecule is CC/C=C\CCCCCCCCCCOCC(C[N+](C)(C)C)OCCCCCCCCCC/C=C\CC.CCCC/C=C\CCCCCCCCCCOCC(C[N+](C)(C)C)OCCCCCCCCCC/C=C\CCCC.CCCCCCCC/C=C\CCCCCCCCOCC(C[N+](C)(C)C)OCCCCCCCC/C=C\CCCCCCCC.[Cl-].[Cl-].[Cl-]. The highest BCUT2D eigenvalue weighted by Gasteiger charge is 2.22. The van der Waals surface area contributed by atoms with Gasteiger partial charge in [0.25, 0.3) is 0 Å². The molecule has 0 amide bonds. The number of nitrogens with zero attached hydrogens (tertiary/aromatic N) is 3. The maximum absolute atomic E-state index is 6.32. The lowest BCUT2D eigenvalue weighted by atomic mass is 10.1. The van der Waals surface area contributed by atoms with E-state index >= 15 is 0 Å². The molecule has 0 saturated carbocycles. The van der Waals surface area contributed by atoms with Crippen LogP contribution in [0.3, 0.4) is 0 Å². The number of hydrogen-bond acceptors (Lipinski definition) is 6. The lowest BCUT2D eigenvalue weighted by molar-refractivity contribution is -0.873. The van der Waals surface area contributed by atoms with Crippen LogP contribution in [0.4, 0.5) is 0 Å². The summed E-state index contributed by atoms with van der Waals surface area (Å²) in [4.78, 5) is 0. The second-order valence-corrected chi connectivity index (χ2v) is 40.5. The molecule has 756 valence electrons. The Morgan fingerprint density at radius 3 is 0.476 bits per heavy atom. The molecule has 12 heteroatoms. The average molecular weight is 1840 g/mol. The predicted molar refractivity (Wildman–Crippen MR) is 552 cm³/mol. The monoisotopic (exact) mass is 1840 g/mol. The van der Waals surface area contributed by atoms with Gasteiger partial charge in [-0.1, -0.05) is 410 Å². The van der Waals surface area contributed by atoms with Gasteiger partial charge in [-0.2, -0.15) is 0 Å². The Kier molecular flexibility index (Phi) is 123. The smallest absolute Gasteiger partial charge is 0.130 e. The number of allylic oxidation sites excluding steroid dienone is 12. The molecule has 0 fully saturated rings. The molecule has 0 N–H and O–H groups in total. The van der Waals surface area contributed by atoms with E-state index in [4.69, 9.17) is 28.4 Å². The number of hydrogen-bond donors (Lipinski definition) is 0. The van der Waals surface area contributed by atoms with Crippen LogP contribution in [0.2, 0.25) is 0 Å². The molecule has 0 aliphatic rings. The molecule has 0 aromatic rings. The summed E-state index contributed by atoms with van der Waals surface area (Å²) < 4.78 is 39.9. The highest BCUT2D eigenvalue weighted by Crippen LogP contribution is 2.20. The molecular weight excluding hydrogens is 1610 g/mol. The number of halogens is 3. The summed E-state index contributed by atoms with van der Waals surface area (Å²) in [6, 6.07) is 0. The second kappa shape index (κ2) is 114. The average Bonchev–Trinajstić information content (AvgIpc) is 0.939. The van der Waals surface area contributed by atoms with E-state index in [-0.39, 0.29) is 55.5 Å². The molecule has 126 heavy (non-hydrogen) atoms. The summed E-state index contributed by atoms with van der Waals surface area (Å²) in [7, 11) is 20.3. The molecular formula is C114H228Cl3N3O6. The Morgan fingerprint density at radius 2 is 0.310 bits per heavy atom. The number of ether oxygens (including phenoxy) is 6. The summed E-state index contributed by atoms with van der Waals surface area (Å²) >= 11 is 0. The van der Waals surface area contributed by atoms with Gasteiger partial charge in [0.1, 0.15) is 37.9 Å². The number of quaternary nitrogens is 3. The van der Waals surface area contributed by atoms with E-state index in [0.717, 1.165) is 92.5 Å². The largest absolute Gasteiger partial charge is 1.00 e. The predicted octanol–water partition coefficient (Wildman–Crippen LogP) is 25.8. The van der Waals surface area contributed by atoms with Gasteiger partial charge in [-0.3, -0.25) is 0 Å². The quantitative estimate of drug-likeness (QED) is 0.0344. The van der Waals surface area contributed by atoms with Gasteiger partial charge in [-0.25, -0.2) is 0 Å². The second-order valence-electron chi connectivity index (χ2n) is 40.5. The third kappa shape index (κ3) is 129. The molecule has 0 aromatic carbocycles. The Bertz CT molecular complexity index is 2140. The van der Waals surface area contributed by atoms with Crippen LogP contribution >= 0.6 is 0 Å². The normalized spacial score (nSPS) is 12.9. The van der Waals surface area contributed by atoms with Crippen molar-refractivity contribution in [1.82, 2.24) is 0 Å². The van der Waals surface area contributed by atoms with Crippen LogP contribution in [0.15, 0.2) is 72.9 Å². The van der Waals surface area contributed by atoms with E-state index in [1.54, 1.807) is 0 Å². The first-order valence-corrected chi connectivity index (χ1v) is 54.9. The lowest BCUT2D eigenvalue weighted by Gasteiger charge is -2.29. The Labute approximate surface area is 811 Å². The molecule has 0 aliphatic carbocycles. The van der Waals surface area contributed by atoms with Crippen molar-refractivity contribution in [1.29, 1.82) is 0 Å². The minimum absolute atomic E-state index is 0. The highest BCUT2D eigenvalue weighted by molar-refractivity contribution is 4.85. The molecule has 0 saturated heterocycles. The van der Waals surface area contributed by atoms with Crippen molar-refractivity contribution in [2.75, 3.05) is 143 Å². The zero-order valence-corrected chi connectivity index (χ0v) is 90.3. The fraction of sp³-hybridized carbons (Fsp3) is 0.895. The van der Waals surface area contributed by atoms with E-state index in [0.29, 0.717) is 0 Å². The van der Waals surface area contributed by atoms with Gasteiger partial charge >= 0.3 is 0 Å².